The zero-order valence-electron chi connectivity index (χ0n) is 12.6. The van der Waals surface area contributed by atoms with Crippen LogP contribution < -0.4 is 5.11 Å². The van der Waals surface area contributed by atoms with Gasteiger partial charge in [0.15, 0.2) is 0 Å². The Kier molecular flexibility index (Phi) is 8.24. The van der Waals surface area contributed by atoms with Crippen LogP contribution in [-0.2, 0) is 9.59 Å². The number of aliphatic carboxylic acids is 1. The molecule has 0 fully saturated rings. The average molecular weight is 279 g/mol. The van der Waals surface area contributed by atoms with Gasteiger partial charge in [-0.25, -0.2) is 0 Å². The van der Waals surface area contributed by atoms with Crippen molar-refractivity contribution in [3.05, 3.63) is 12.2 Å². The molecule has 2 atom stereocenters. The third-order valence-corrected chi connectivity index (χ3v) is 4.05. The molecule has 3 nitrogen and oxygen atoms in total. The highest BCUT2D eigenvalue weighted by atomic mass is 16.4. The van der Waals surface area contributed by atoms with Gasteiger partial charge < -0.3 is 9.90 Å². The van der Waals surface area contributed by atoms with Gasteiger partial charge in [-0.05, 0) is 38.0 Å². The van der Waals surface area contributed by atoms with Crippen LogP contribution in [0.2, 0.25) is 0 Å². The molecule has 114 valence electrons. The molecule has 0 aromatic rings. The number of carbonyl (C=O) groups is 2. The molecule has 1 aliphatic carbocycles. The highest BCUT2D eigenvalue weighted by Gasteiger charge is 2.20. The lowest BCUT2D eigenvalue weighted by Gasteiger charge is -2.18. The molecule has 0 aliphatic heterocycles. The maximum absolute atomic E-state index is 12.2. The van der Waals surface area contributed by atoms with Gasteiger partial charge in [0.05, 0.1) is 0 Å². The maximum atomic E-state index is 12.2. The summed E-state index contributed by atoms with van der Waals surface area (Å²) in [6.07, 6.45) is 13.2. The average Bonchev–Trinajstić information content (AvgIpc) is 2.38. The maximum Gasteiger partial charge on any atom is 0.136 e. The van der Waals surface area contributed by atoms with Crippen molar-refractivity contribution in [3.63, 3.8) is 0 Å². The smallest absolute Gasteiger partial charge is 0.136 e. The number of hydrogen-bond donors (Lipinski definition) is 0. The number of ketones is 1. The van der Waals surface area contributed by atoms with Gasteiger partial charge in [0, 0.05) is 18.3 Å². The van der Waals surface area contributed by atoms with Crippen molar-refractivity contribution >= 4 is 11.8 Å². The zero-order valence-corrected chi connectivity index (χ0v) is 12.6. The van der Waals surface area contributed by atoms with Crippen molar-refractivity contribution < 1.29 is 14.7 Å². The van der Waals surface area contributed by atoms with E-state index in [9.17, 15) is 14.7 Å². The SMILES string of the molecule is CC1C/C=C\CCCCCCCC(CC(=O)[O-])C(=O)C1. The summed E-state index contributed by atoms with van der Waals surface area (Å²) in [5, 5.41) is 10.8. The molecule has 3 heteroatoms. The lowest BCUT2D eigenvalue weighted by Crippen LogP contribution is -2.29. The van der Waals surface area contributed by atoms with Crippen LogP contribution in [0.15, 0.2) is 12.2 Å². The molecule has 2 unspecified atom stereocenters. The Morgan fingerprint density at radius 2 is 1.90 bits per heavy atom. The summed E-state index contributed by atoms with van der Waals surface area (Å²) in [5.74, 6) is -1.04. The van der Waals surface area contributed by atoms with Gasteiger partial charge in [0.25, 0.3) is 0 Å². The standard InChI is InChI=1S/C17H28O3/c1-14-10-8-6-4-2-3-5-7-9-11-15(13-17(19)20)16(18)12-14/h6,8,14-15H,2-5,7,9-13H2,1H3,(H,19,20)/p-1/b8-6-. The van der Waals surface area contributed by atoms with Gasteiger partial charge in [-0.3, -0.25) is 4.79 Å². The number of Topliss-reactive ketones (excluding diaryl/α,β-unsaturated/α-hetero) is 1. The zero-order chi connectivity index (χ0) is 14.8. The lowest BCUT2D eigenvalue weighted by molar-refractivity contribution is -0.306. The molecule has 0 bridgehead atoms. The first-order valence-electron chi connectivity index (χ1n) is 7.97. The number of carboxylic acids is 1. The molecule has 0 heterocycles. The van der Waals surface area contributed by atoms with Crippen molar-refractivity contribution in [1.82, 2.24) is 0 Å². The van der Waals surface area contributed by atoms with E-state index < -0.39 is 5.97 Å². The Morgan fingerprint density at radius 3 is 2.65 bits per heavy atom. The predicted octanol–water partition coefficient (Wildman–Crippen LogP) is 3.03. The molecule has 0 spiro atoms. The van der Waals surface area contributed by atoms with Gasteiger partial charge in [-0.1, -0.05) is 44.8 Å². The number of hydrogen-bond acceptors (Lipinski definition) is 3. The first-order valence-corrected chi connectivity index (χ1v) is 7.97. The van der Waals surface area contributed by atoms with Gasteiger partial charge in [0.2, 0.25) is 0 Å². The quantitative estimate of drug-likeness (QED) is 0.730. The molecule has 20 heavy (non-hydrogen) atoms. The minimum absolute atomic E-state index is 0.104. The fourth-order valence-corrected chi connectivity index (χ4v) is 2.80. The van der Waals surface area contributed by atoms with E-state index in [0.29, 0.717) is 18.8 Å². The summed E-state index contributed by atoms with van der Waals surface area (Å²) >= 11 is 0. The second-order valence-corrected chi connectivity index (χ2v) is 6.10. The van der Waals surface area contributed by atoms with Crippen LogP contribution in [0.5, 0.6) is 0 Å². The fourth-order valence-electron chi connectivity index (χ4n) is 2.80. The summed E-state index contributed by atoms with van der Waals surface area (Å²) < 4.78 is 0. The molecule has 1 rings (SSSR count). The number of rotatable bonds is 2. The number of carboxylic acid groups (broad SMARTS) is 1. The molecular formula is C17H27O3-. The Morgan fingerprint density at radius 1 is 1.20 bits per heavy atom. The second-order valence-electron chi connectivity index (χ2n) is 6.10. The Bertz CT molecular complexity index is 333. The van der Waals surface area contributed by atoms with Crippen molar-refractivity contribution in [3.8, 4) is 0 Å². The minimum atomic E-state index is -1.10. The van der Waals surface area contributed by atoms with Crippen LogP contribution >= 0.6 is 0 Å². The summed E-state index contributed by atoms with van der Waals surface area (Å²) in [7, 11) is 0. The van der Waals surface area contributed by atoms with Gasteiger partial charge in [0.1, 0.15) is 5.78 Å². The predicted molar refractivity (Wildman–Crippen MR) is 78.0 cm³/mol. The highest BCUT2D eigenvalue weighted by Crippen LogP contribution is 2.21. The molecule has 0 saturated carbocycles. The Labute approximate surface area is 122 Å². The fraction of sp³-hybridized carbons (Fsp3) is 0.765. The molecule has 0 saturated heterocycles. The van der Waals surface area contributed by atoms with Crippen LogP contribution in [-0.4, -0.2) is 11.8 Å². The highest BCUT2D eigenvalue weighted by molar-refractivity contribution is 5.84. The third-order valence-electron chi connectivity index (χ3n) is 4.05. The first-order chi connectivity index (χ1) is 9.59. The third kappa shape index (κ3) is 7.46. The summed E-state index contributed by atoms with van der Waals surface area (Å²) in [4.78, 5) is 23.0. The molecule has 0 aromatic heterocycles. The van der Waals surface area contributed by atoms with E-state index in [-0.39, 0.29) is 18.1 Å². The topological polar surface area (TPSA) is 57.2 Å². The molecule has 0 amide bonds. The molecule has 0 N–H and O–H groups in total. The molecule has 0 aromatic carbocycles. The van der Waals surface area contributed by atoms with Crippen LogP contribution in [0.3, 0.4) is 0 Å². The number of carbonyl (C=O) groups excluding carboxylic acids is 2. The van der Waals surface area contributed by atoms with Gasteiger partial charge in [-0.15, -0.1) is 0 Å². The van der Waals surface area contributed by atoms with E-state index in [1.165, 1.54) is 19.3 Å². The lowest BCUT2D eigenvalue weighted by atomic mass is 9.87. The van der Waals surface area contributed by atoms with Crippen molar-refractivity contribution in [2.75, 3.05) is 0 Å². The normalized spacial score (nSPS) is 28.6. The summed E-state index contributed by atoms with van der Waals surface area (Å²) in [6.45, 7) is 2.06. The molecular weight excluding hydrogens is 252 g/mol. The summed E-state index contributed by atoms with van der Waals surface area (Å²) in [6, 6.07) is 0. The van der Waals surface area contributed by atoms with E-state index in [4.69, 9.17) is 0 Å². The van der Waals surface area contributed by atoms with E-state index in [0.717, 1.165) is 25.7 Å². The monoisotopic (exact) mass is 279 g/mol. The molecule has 1 aliphatic rings. The van der Waals surface area contributed by atoms with Gasteiger partial charge >= 0.3 is 0 Å². The van der Waals surface area contributed by atoms with E-state index in [2.05, 4.69) is 19.1 Å². The second kappa shape index (κ2) is 9.73. The van der Waals surface area contributed by atoms with E-state index in [1.54, 1.807) is 0 Å². The van der Waals surface area contributed by atoms with Crippen molar-refractivity contribution in [1.29, 1.82) is 0 Å². The van der Waals surface area contributed by atoms with Crippen molar-refractivity contribution in [2.45, 2.75) is 71.1 Å². The van der Waals surface area contributed by atoms with Crippen LogP contribution in [0, 0.1) is 11.8 Å². The molecule has 0 radical (unpaired) electrons. The summed E-state index contributed by atoms with van der Waals surface area (Å²) in [5.41, 5.74) is 0. The number of allylic oxidation sites excluding steroid dienone is 2. The Balaban J connectivity index is 2.59. The van der Waals surface area contributed by atoms with Crippen LogP contribution in [0.1, 0.15) is 71.1 Å². The minimum Gasteiger partial charge on any atom is -0.550 e. The van der Waals surface area contributed by atoms with Gasteiger partial charge in [-0.2, -0.15) is 0 Å². The van der Waals surface area contributed by atoms with Crippen LogP contribution in [0.25, 0.3) is 0 Å². The largest absolute Gasteiger partial charge is 0.550 e. The van der Waals surface area contributed by atoms with E-state index >= 15 is 0 Å². The van der Waals surface area contributed by atoms with E-state index in [1.807, 2.05) is 0 Å². The Hall–Kier alpha value is -1.12. The van der Waals surface area contributed by atoms with Crippen molar-refractivity contribution in [2.24, 2.45) is 11.8 Å². The first kappa shape index (κ1) is 16.9. The van der Waals surface area contributed by atoms with Crippen LogP contribution in [0.4, 0.5) is 0 Å².